The Morgan fingerprint density at radius 1 is 0.767 bits per heavy atom. The predicted molar refractivity (Wildman–Crippen MR) is 113 cm³/mol. The van der Waals surface area contributed by atoms with Crippen LogP contribution in [0.2, 0.25) is 0 Å². The highest BCUT2D eigenvalue weighted by Gasteiger charge is 2.09. The molecular formula is C23H21N3O4. The van der Waals surface area contributed by atoms with E-state index in [1.54, 1.807) is 48.5 Å². The molecule has 152 valence electrons. The Labute approximate surface area is 174 Å². The molecule has 0 aliphatic heterocycles. The van der Waals surface area contributed by atoms with E-state index in [0.717, 1.165) is 5.56 Å². The minimum atomic E-state index is -0.591. The summed E-state index contributed by atoms with van der Waals surface area (Å²) < 4.78 is 5.37. The molecule has 0 unspecified atom stereocenters. The number of benzene rings is 3. The molecule has 0 heterocycles. The Hall–Kier alpha value is -4.13. The van der Waals surface area contributed by atoms with Gasteiger partial charge in [-0.15, -0.1) is 0 Å². The molecule has 7 heteroatoms. The van der Waals surface area contributed by atoms with Gasteiger partial charge in [0.1, 0.15) is 5.75 Å². The second kappa shape index (κ2) is 10.4. The number of rotatable bonds is 7. The van der Waals surface area contributed by atoms with Gasteiger partial charge >= 0.3 is 6.03 Å². The molecule has 7 nitrogen and oxygen atoms in total. The van der Waals surface area contributed by atoms with Crippen LogP contribution in [-0.4, -0.2) is 24.5 Å². The Morgan fingerprint density at radius 3 is 2.07 bits per heavy atom. The second-order valence-corrected chi connectivity index (χ2v) is 6.35. The summed E-state index contributed by atoms with van der Waals surface area (Å²) in [5.74, 6) is -0.347. The molecule has 0 saturated carbocycles. The molecule has 0 bridgehead atoms. The third-order valence-electron chi connectivity index (χ3n) is 4.07. The van der Waals surface area contributed by atoms with Gasteiger partial charge in [-0.25, -0.2) is 4.79 Å². The highest BCUT2D eigenvalue weighted by atomic mass is 16.5. The van der Waals surface area contributed by atoms with E-state index in [-0.39, 0.29) is 12.5 Å². The van der Waals surface area contributed by atoms with Crippen LogP contribution in [-0.2, 0) is 11.3 Å². The molecule has 3 aromatic carbocycles. The number of imide groups is 1. The van der Waals surface area contributed by atoms with E-state index in [0.29, 0.717) is 23.5 Å². The standard InChI is InChI=1S/C23H21N3O4/c27-21(26-23(29)24-15-17-7-3-1-4-8-17)16-30-20-13-11-19(12-14-20)25-22(28)18-9-5-2-6-10-18/h1-14H,15-16H2,(H,25,28)(H2,24,26,27,29). The Morgan fingerprint density at radius 2 is 1.40 bits per heavy atom. The van der Waals surface area contributed by atoms with Crippen molar-refractivity contribution < 1.29 is 19.1 Å². The fourth-order valence-electron chi connectivity index (χ4n) is 2.56. The van der Waals surface area contributed by atoms with Crippen LogP contribution in [0.25, 0.3) is 0 Å². The average Bonchev–Trinajstić information content (AvgIpc) is 2.78. The van der Waals surface area contributed by atoms with Gasteiger partial charge in [0.15, 0.2) is 6.61 Å². The largest absolute Gasteiger partial charge is 0.484 e. The highest BCUT2D eigenvalue weighted by Crippen LogP contribution is 2.16. The number of hydrogen-bond donors (Lipinski definition) is 3. The zero-order valence-electron chi connectivity index (χ0n) is 16.1. The Bertz CT molecular complexity index is 990. The quantitative estimate of drug-likeness (QED) is 0.564. The summed E-state index contributed by atoms with van der Waals surface area (Å²) in [6.45, 7) is 0.00541. The maximum Gasteiger partial charge on any atom is 0.321 e. The van der Waals surface area contributed by atoms with Crippen LogP contribution in [0.15, 0.2) is 84.9 Å². The van der Waals surface area contributed by atoms with E-state index >= 15 is 0 Å². The summed E-state index contributed by atoms with van der Waals surface area (Å²) in [5, 5.41) is 7.58. The number of carbonyl (C=O) groups is 3. The van der Waals surface area contributed by atoms with E-state index in [1.165, 1.54) is 0 Å². The lowest BCUT2D eigenvalue weighted by Gasteiger charge is -2.09. The van der Waals surface area contributed by atoms with Crippen molar-refractivity contribution in [2.24, 2.45) is 0 Å². The lowest BCUT2D eigenvalue weighted by molar-refractivity contribution is -0.122. The van der Waals surface area contributed by atoms with Crippen molar-refractivity contribution in [3.8, 4) is 5.75 Å². The molecule has 0 saturated heterocycles. The first kappa shape index (κ1) is 20.6. The van der Waals surface area contributed by atoms with Crippen LogP contribution in [0.5, 0.6) is 5.75 Å². The van der Waals surface area contributed by atoms with Crippen LogP contribution in [0.1, 0.15) is 15.9 Å². The molecule has 0 radical (unpaired) electrons. The maximum absolute atomic E-state index is 12.1. The number of ether oxygens (including phenoxy) is 1. The molecule has 0 aromatic heterocycles. The molecule has 4 amide bonds. The number of amides is 4. The minimum absolute atomic E-state index is 0.217. The lowest BCUT2D eigenvalue weighted by Crippen LogP contribution is -2.41. The summed E-state index contributed by atoms with van der Waals surface area (Å²) in [4.78, 5) is 35.7. The third kappa shape index (κ3) is 6.49. The highest BCUT2D eigenvalue weighted by molar-refractivity contribution is 6.04. The first-order valence-electron chi connectivity index (χ1n) is 9.31. The van der Waals surface area contributed by atoms with E-state index in [9.17, 15) is 14.4 Å². The normalized spacial score (nSPS) is 10.0. The van der Waals surface area contributed by atoms with Gasteiger partial charge in [-0.1, -0.05) is 48.5 Å². The average molecular weight is 403 g/mol. The third-order valence-corrected chi connectivity index (χ3v) is 4.07. The SMILES string of the molecule is O=C(COc1ccc(NC(=O)c2ccccc2)cc1)NC(=O)NCc1ccccc1. The molecule has 3 N–H and O–H groups in total. The first-order chi connectivity index (χ1) is 14.6. The zero-order chi connectivity index (χ0) is 21.2. The molecule has 0 spiro atoms. The van der Waals surface area contributed by atoms with Crippen LogP contribution in [0.3, 0.4) is 0 Å². The Kier molecular flexibility index (Phi) is 7.16. The van der Waals surface area contributed by atoms with E-state index in [2.05, 4.69) is 16.0 Å². The van der Waals surface area contributed by atoms with Gasteiger partial charge in [0.25, 0.3) is 11.8 Å². The molecule has 30 heavy (non-hydrogen) atoms. The van der Waals surface area contributed by atoms with Gasteiger partial charge in [0, 0.05) is 17.8 Å². The van der Waals surface area contributed by atoms with Crippen LogP contribution < -0.4 is 20.7 Å². The monoisotopic (exact) mass is 403 g/mol. The van der Waals surface area contributed by atoms with Crippen LogP contribution in [0.4, 0.5) is 10.5 Å². The van der Waals surface area contributed by atoms with Crippen molar-refractivity contribution in [2.45, 2.75) is 6.54 Å². The molecular weight excluding hydrogens is 382 g/mol. The number of nitrogens with one attached hydrogen (secondary N) is 3. The van der Waals surface area contributed by atoms with Crippen molar-refractivity contribution in [3.63, 3.8) is 0 Å². The molecule has 0 fully saturated rings. The summed E-state index contributed by atoms with van der Waals surface area (Å²) >= 11 is 0. The second-order valence-electron chi connectivity index (χ2n) is 6.35. The van der Waals surface area contributed by atoms with Gasteiger partial charge in [0.05, 0.1) is 0 Å². The first-order valence-corrected chi connectivity index (χ1v) is 9.31. The van der Waals surface area contributed by atoms with Gasteiger partial charge in [-0.05, 0) is 42.0 Å². The van der Waals surface area contributed by atoms with E-state index < -0.39 is 11.9 Å². The van der Waals surface area contributed by atoms with Gasteiger partial charge in [0.2, 0.25) is 0 Å². The number of anilines is 1. The molecule has 0 atom stereocenters. The fraction of sp³-hybridized carbons (Fsp3) is 0.0870. The molecule has 0 aliphatic rings. The van der Waals surface area contributed by atoms with Crippen molar-refractivity contribution >= 4 is 23.5 Å². The topological polar surface area (TPSA) is 96.5 Å². The number of urea groups is 1. The van der Waals surface area contributed by atoms with Gasteiger partial charge in [-0.2, -0.15) is 0 Å². The van der Waals surface area contributed by atoms with Crippen molar-refractivity contribution in [1.29, 1.82) is 0 Å². The summed E-state index contributed by atoms with van der Waals surface area (Å²) in [6, 6.07) is 24.2. The summed E-state index contributed by atoms with van der Waals surface area (Å²) in [5.41, 5.74) is 2.08. The summed E-state index contributed by atoms with van der Waals surface area (Å²) in [7, 11) is 0. The van der Waals surface area contributed by atoms with E-state index in [4.69, 9.17) is 4.74 Å². The van der Waals surface area contributed by atoms with Crippen molar-refractivity contribution in [1.82, 2.24) is 10.6 Å². The van der Waals surface area contributed by atoms with E-state index in [1.807, 2.05) is 36.4 Å². The van der Waals surface area contributed by atoms with Gasteiger partial charge < -0.3 is 15.4 Å². The lowest BCUT2D eigenvalue weighted by atomic mass is 10.2. The van der Waals surface area contributed by atoms with Crippen molar-refractivity contribution in [2.75, 3.05) is 11.9 Å². The predicted octanol–water partition coefficient (Wildman–Crippen LogP) is 3.34. The Balaban J connectivity index is 1.40. The maximum atomic E-state index is 12.1. The molecule has 0 aliphatic carbocycles. The fourth-order valence-corrected chi connectivity index (χ4v) is 2.56. The summed E-state index contributed by atoms with van der Waals surface area (Å²) in [6.07, 6.45) is 0. The smallest absolute Gasteiger partial charge is 0.321 e. The number of carbonyl (C=O) groups excluding carboxylic acids is 3. The van der Waals surface area contributed by atoms with Crippen molar-refractivity contribution in [3.05, 3.63) is 96.1 Å². The molecule has 3 rings (SSSR count). The zero-order valence-corrected chi connectivity index (χ0v) is 16.1. The van der Waals surface area contributed by atoms with Crippen LogP contribution >= 0.6 is 0 Å². The van der Waals surface area contributed by atoms with Gasteiger partial charge in [-0.3, -0.25) is 14.9 Å². The number of hydrogen-bond acceptors (Lipinski definition) is 4. The minimum Gasteiger partial charge on any atom is -0.484 e. The van der Waals surface area contributed by atoms with Crippen LogP contribution in [0, 0.1) is 0 Å². The molecule has 3 aromatic rings.